The Balaban J connectivity index is 2.58. The highest BCUT2D eigenvalue weighted by Gasteiger charge is 2.15. The van der Waals surface area contributed by atoms with Crippen molar-refractivity contribution in [3.63, 3.8) is 0 Å². The van der Waals surface area contributed by atoms with Crippen LogP contribution in [0.3, 0.4) is 0 Å². The first-order valence-electron chi connectivity index (χ1n) is 4.62. The Kier molecular flexibility index (Phi) is 2.84. The number of halogens is 1. The topological polar surface area (TPSA) is 88.2 Å². The van der Waals surface area contributed by atoms with Crippen molar-refractivity contribution in [3.05, 3.63) is 28.4 Å². The van der Waals surface area contributed by atoms with E-state index in [0.717, 1.165) is 0 Å². The SMILES string of the molecule is Cn1nnc(Br)c1-c1ccc(C(=O)O)cc1O. The fourth-order valence-electron chi connectivity index (χ4n) is 1.48. The number of phenolic OH excluding ortho intramolecular Hbond substituents is 1. The number of hydrogen-bond donors (Lipinski definition) is 2. The van der Waals surface area contributed by atoms with Crippen molar-refractivity contribution in [2.45, 2.75) is 0 Å². The first-order valence-corrected chi connectivity index (χ1v) is 5.42. The predicted octanol–water partition coefficient (Wildman–Crippen LogP) is 1.65. The molecule has 2 rings (SSSR count). The van der Waals surface area contributed by atoms with Gasteiger partial charge in [-0.15, -0.1) is 5.10 Å². The van der Waals surface area contributed by atoms with Gasteiger partial charge in [-0.25, -0.2) is 9.48 Å². The van der Waals surface area contributed by atoms with E-state index in [9.17, 15) is 9.90 Å². The number of nitrogens with zero attached hydrogens (tertiary/aromatic N) is 3. The largest absolute Gasteiger partial charge is 0.507 e. The number of aromatic hydroxyl groups is 1. The van der Waals surface area contributed by atoms with Gasteiger partial charge in [0.25, 0.3) is 0 Å². The highest BCUT2D eigenvalue weighted by molar-refractivity contribution is 9.10. The highest BCUT2D eigenvalue weighted by atomic mass is 79.9. The summed E-state index contributed by atoms with van der Waals surface area (Å²) in [6.07, 6.45) is 0. The summed E-state index contributed by atoms with van der Waals surface area (Å²) in [5.74, 6) is -1.22. The van der Waals surface area contributed by atoms with Gasteiger partial charge in [-0.1, -0.05) is 5.21 Å². The van der Waals surface area contributed by atoms with Crippen LogP contribution in [-0.4, -0.2) is 31.2 Å². The third kappa shape index (κ3) is 2.01. The van der Waals surface area contributed by atoms with Crippen LogP contribution >= 0.6 is 15.9 Å². The number of aromatic carboxylic acids is 1. The van der Waals surface area contributed by atoms with Crippen LogP contribution in [0.5, 0.6) is 5.75 Å². The van der Waals surface area contributed by atoms with Gasteiger partial charge in [0.2, 0.25) is 0 Å². The molecule has 0 saturated carbocycles. The van der Waals surface area contributed by atoms with Crippen LogP contribution in [0.15, 0.2) is 22.8 Å². The molecular weight excluding hydrogens is 290 g/mol. The second-order valence-electron chi connectivity index (χ2n) is 3.39. The maximum atomic E-state index is 10.7. The summed E-state index contributed by atoms with van der Waals surface area (Å²) in [4.78, 5) is 10.7. The summed E-state index contributed by atoms with van der Waals surface area (Å²) in [5.41, 5.74) is 1.08. The van der Waals surface area contributed by atoms with Gasteiger partial charge in [-0.3, -0.25) is 0 Å². The fraction of sp³-hybridized carbons (Fsp3) is 0.100. The summed E-state index contributed by atoms with van der Waals surface area (Å²) >= 11 is 3.21. The van der Waals surface area contributed by atoms with Crippen LogP contribution in [-0.2, 0) is 7.05 Å². The zero-order chi connectivity index (χ0) is 12.6. The quantitative estimate of drug-likeness (QED) is 0.880. The molecule has 7 heteroatoms. The van der Waals surface area contributed by atoms with Gasteiger partial charge in [-0.05, 0) is 34.1 Å². The Morgan fingerprint density at radius 1 is 1.47 bits per heavy atom. The van der Waals surface area contributed by atoms with Crippen LogP contribution in [0.4, 0.5) is 0 Å². The molecule has 0 aliphatic carbocycles. The molecular formula is C10H8BrN3O3. The second-order valence-corrected chi connectivity index (χ2v) is 4.14. The number of carboxylic acids is 1. The molecule has 2 aromatic rings. The molecule has 1 aromatic heterocycles. The minimum atomic E-state index is -1.09. The molecule has 0 bridgehead atoms. The molecule has 6 nitrogen and oxygen atoms in total. The first kappa shape index (κ1) is 11.6. The van der Waals surface area contributed by atoms with Crippen molar-refractivity contribution in [2.24, 2.45) is 7.05 Å². The van der Waals surface area contributed by atoms with Gasteiger partial charge >= 0.3 is 5.97 Å². The molecule has 2 N–H and O–H groups in total. The summed E-state index contributed by atoms with van der Waals surface area (Å²) in [6, 6.07) is 4.12. The van der Waals surface area contributed by atoms with Gasteiger partial charge in [0.15, 0.2) is 4.60 Å². The average molecular weight is 298 g/mol. The Morgan fingerprint density at radius 3 is 2.65 bits per heavy atom. The highest BCUT2D eigenvalue weighted by Crippen LogP contribution is 2.33. The first-order chi connectivity index (χ1) is 8.00. The number of rotatable bonds is 2. The Hall–Kier alpha value is -1.89. The lowest BCUT2D eigenvalue weighted by Gasteiger charge is -2.05. The maximum Gasteiger partial charge on any atom is 0.335 e. The zero-order valence-corrected chi connectivity index (χ0v) is 10.3. The van der Waals surface area contributed by atoms with E-state index >= 15 is 0 Å². The molecule has 0 atom stereocenters. The van der Waals surface area contributed by atoms with E-state index in [1.54, 1.807) is 7.05 Å². The summed E-state index contributed by atoms with van der Waals surface area (Å²) < 4.78 is 1.97. The number of aromatic nitrogens is 3. The van der Waals surface area contributed by atoms with Crippen molar-refractivity contribution >= 4 is 21.9 Å². The number of carboxylic acid groups (broad SMARTS) is 1. The van der Waals surface area contributed by atoms with Gasteiger partial charge < -0.3 is 10.2 Å². The molecule has 0 unspecified atom stereocenters. The van der Waals surface area contributed by atoms with E-state index in [0.29, 0.717) is 15.9 Å². The smallest absolute Gasteiger partial charge is 0.335 e. The molecule has 0 aliphatic heterocycles. The molecule has 0 fully saturated rings. The predicted molar refractivity (Wildman–Crippen MR) is 62.8 cm³/mol. The van der Waals surface area contributed by atoms with Crippen LogP contribution in [0, 0.1) is 0 Å². The third-order valence-corrected chi connectivity index (χ3v) is 2.82. The van der Waals surface area contributed by atoms with Crippen molar-refractivity contribution in [1.82, 2.24) is 15.0 Å². The molecule has 0 radical (unpaired) electrons. The maximum absolute atomic E-state index is 10.7. The third-order valence-electron chi connectivity index (χ3n) is 2.29. The minimum absolute atomic E-state index is 0.0255. The number of phenols is 1. The average Bonchev–Trinajstić information content (AvgIpc) is 2.59. The van der Waals surface area contributed by atoms with Crippen LogP contribution in [0.1, 0.15) is 10.4 Å². The Morgan fingerprint density at radius 2 is 2.18 bits per heavy atom. The molecule has 88 valence electrons. The Bertz CT molecular complexity index is 575. The second kappa shape index (κ2) is 4.17. The molecule has 17 heavy (non-hydrogen) atoms. The van der Waals surface area contributed by atoms with Crippen molar-refractivity contribution in [1.29, 1.82) is 0 Å². The lowest BCUT2D eigenvalue weighted by Crippen LogP contribution is -1.98. The lowest BCUT2D eigenvalue weighted by atomic mass is 10.1. The van der Waals surface area contributed by atoms with E-state index < -0.39 is 5.97 Å². The molecule has 1 aromatic carbocycles. The number of carbonyl (C=O) groups is 1. The molecule has 0 aliphatic rings. The number of hydrogen-bond acceptors (Lipinski definition) is 4. The Labute approximate surface area is 105 Å². The van der Waals surface area contributed by atoms with E-state index in [1.165, 1.54) is 22.9 Å². The van der Waals surface area contributed by atoms with Gasteiger partial charge in [0.05, 0.1) is 5.56 Å². The van der Waals surface area contributed by atoms with E-state index in [1.807, 2.05) is 0 Å². The molecule has 0 spiro atoms. The van der Waals surface area contributed by atoms with Crippen LogP contribution < -0.4 is 0 Å². The van der Waals surface area contributed by atoms with Gasteiger partial charge in [0, 0.05) is 12.6 Å². The molecule has 1 heterocycles. The molecule has 0 saturated heterocycles. The molecule has 0 amide bonds. The summed E-state index contributed by atoms with van der Waals surface area (Å²) in [6.45, 7) is 0. The van der Waals surface area contributed by atoms with E-state index in [4.69, 9.17) is 5.11 Å². The van der Waals surface area contributed by atoms with Crippen LogP contribution in [0.25, 0.3) is 11.3 Å². The summed E-state index contributed by atoms with van der Waals surface area (Å²) in [7, 11) is 1.68. The van der Waals surface area contributed by atoms with E-state index in [2.05, 4.69) is 26.2 Å². The van der Waals surface area contributed by atoms with Crippen molar-refractivity contribution in [3.8, 4) is 17.0 Å². The van der Waals surface area contributed by atoms with Crippen molar-refractivity contribution in [2.75, 3.05) is 0 Å². The number of benzene rings is 1. The standard InChI is InChI=1S/C10H8BrN3O3/c1-14-8(9(11)12-13-14)6-3-2-5(10(16)17)4-7(6)15/h2-4,15H,1H3,(H,16,17). The van der Waals surface area contributed by atoms with Gasteiger partial charge in [-0.2, -0.15) is 0 Å². The minimum Gasteiger partial charge on any atom is -0.507 e. The number of aryl methyl sites for hydroxylation is 1. The van der Waals surface area contributed by atoms with Crippen molar-refractivity contribution < 1.29 is 15.0 Å². The monoisotopic (exact) mass is 297 g/mol. The van der Waals surface area contributed by atoms with E-state index in [-0.39, 0.29) is 11.3 Å². The fourth-order valence-corrected chi connectivity index (χ4v) is 2.02. The summed E-state index contributed by atoms with van der Waals surface area (Å²) in [5, 5.41) is 26.2. The lowest BCUT2D eigenvalue weighted by molar-refractivity contribution is 0.0696. The van der Waals surface area contributed by atoms with Crippen LogP contribution in [0.2, 0.25) is 0 Å². The normalized spacial score (nSPS) is 10.5. The van der Waals surface area contributed by atoms with Gasteiger partial charge in [0.1, 0.15) is 11.4 Å². The zero-order valence-electron chi connectivity index (χ0n) is 8.75.